The van der Waals surface area contributed by atoms with Crippen LogP contribution in [0.2, 0.25) is 0 Å². The van der Waals surface area contributed by atoms with Gasteiger partial charge in [-0.2, -0.15) is 10.5 Å². The zero-order valence-corrected chi connectivity index (χ0v) is 29.5. The van der Waals surface area contributed by atoms with Crippen LogP contribution in [0.1, 0.15) is 11.1 Å². The molecule has 3 heterocycles. The maximum absolute atomic E-state index is 10.3. The molecule has 254 valence electrons. The monoisotopic (exact) mass is 699 g/mol. The van der Waals surface area contributed by atoms with Crippen molar-refractivity contribution in [1.82, 2.24) is 13.7 Å². The Morgan fingerprint density at radius 2 is 0.727 bits per heavy atom. The second kappa shape index (κ2) is 11.8. The SMILES string of the molecule is N#Cc1ccc(-n2c3ccccc3c3ccc(-n4c5ccccc5c5ccccc54)cc32)c(-c2ccccc2-n2c3ccccc3c3ccc(C#N)cc32)c1. The predicted octanol–water partition coefficient (Wildman–Crippen LogP) is 12.4. The summed E-state index contributed by atoms with van der Waals surface area (Å²) in [6, 6.07) is 66.0. The van der Waals surface area contributed by atoms with Crippen LogP contribution in [0.5, 0.6) is 0 Å². The molecule has 0 aliphatic heterocycles. The van der Waals surface area contributed by atoms with Crippen molar-refractivity contribution in [1.29, 1.82) is 10.5 Å². The first-order chi connectivity index (χ1) is 27.2. The molecular weight excluding hydrogens is 671 g/mol. The molecule has 0 radical (unpaired) electrons. The van der Waals surface area contributed by atoms with E-state index in [1.54, 1.807) is 0 Å². The lowest BCUT2D eigenvalue weighted by Crippen LogP contribution is -2.02. The number of rotatable bonds is 4. The Balaban J connectivity index is 1.22. The summed E-state index contributed by atoms with van der Waals surface area (Å²) >= 11 is 0. The molecule has 3 aromatic heterocycles. The van der Waals surface area contributed by atoms with Crippen molar-refractivity contribution < 1.29 is 0 Å². The minimum Gasteiger partial charge on any atom is -0.309 e. The van der Waals surface area contributed by atoms with Gasteiger partial charge in [0.05, 0.1) is 67.7 Å². The van der Waals surface area contributed by atoms with Gasteiger partial charge in [0, 0.05) is 49.1 Å². The van der Waals surface area contributed by atoms with Crippen LogP contribution in [-0.4, -0.2) is 13.7 Å². The molecule has 0 aliphatic carbocycles. The minimum atomic E-state index is 0.578. The second-order valence-corrected chi connectivity index (χ2v) is 14.0. The van der Waals surface area contributed by atoms with Gasteiger partial charge in [0.1, 0.15) is 0 Å². The molecule has 0 amide bonds. The molecule has 0 saturated heterocycles. The van der Waals surface area contributed by atoms with Gasteiger partial charge in [0.25, 0.3) is 0 Å². The highest BCUT2D eigenvalue weighted by atomic mass is 15.0. The molecule has 0 fully saturated rings. The zero-order chi connectivity index (χ0) is 36.6. The van der Waals surface area contributed by atoms with Crippen LogP contribution in [0, 0.1) is 22.7 Å². The number of benzene rings is 8. The molecule has 0 aliphatic rings. The Bertz CT molecular complexity index is 3420. The summed E-state index contributed by atoms with van der Waals surface area (Å²) in [5.74, 6) is 0. The van der Waals surface area contributed by atoms with Gasteiger partial charge in [-0.1, -0.05) is 103 Å². The highest BCUT2D eigenvalue weighted by Gasteiger charge is 2.22. The lowest BCUT2D eigenvalue weighted by atomic mass is 9.98. The third kappa shape index (κ3) is 4.45. The van der Waals surface area contributed by atoms with Crippen LogP contribution >= 0.6 is 0 Å². The van der Waals surface area contributed by atoms with Crippen molar-refractivity contribution in [3.63, 3.8) is 0 Å². The molecule has 11 rings (SSSR count). The molecule has 5 heteroatoms. The van der Waals surface area contributed by atoms with E-state index < -0.39 is 0 Å². The van der Waals surface area contributed by atoms with E-state index in [1.807, 2.05) is 30.3 Å². The maximum atomic E-state index is 10.3. The van der Waals surface area contributed by atoms with E-state index in [0.717, 1.165) is 82.8 Å². The summed E-state index contributed by atoms with van der Waals surface area (Å²) in [4.78, 5) is 0. The van der Waals surface area contributed by atoms with E-state index in [9.17, 15) is 10.5 Å². The Morgan fingerprint density at radius 3 is 1.31 bits per heavy atom. The van der Waals surface area contributed by atoms with Gasteiger partial charge >= 0.3 is 0 Å². The fourth-order valence-electron chi connectivity index (χ4n) is 8.77. The molecule has 0 saturated carbocycles. The Morgan fingerprint density at radius 1 is 0.309 bits per heavy atom. The standard InChI is InChI=1S/C50H29N5/c51-30-32-22-26-48(42(27-32)39-15-5-10-20-47(39)54-45-18-8-3-13-37(45)40-24-21-33(31-52)28-49(40)54)55-46-19-9-4-14-38(46)41-25-23-34(29-50(41)55)53-43-16-6-1-11-35(43)36-12-2-7-17-44(36)53/h1-29H. The fraction of sp³-hybridized carbons (Fsp3) is 0. The van der Waals surface area contributed by atoms with Crippen molar-refractivity contribution in [2.75, 3.05) is 0 Å². The van der Waals surface area contributed by atoms with Crippen LogP contribution in [-0.2, 0) is 0 Å². The van der Waals surface area contributed by atoms with Crippen molar-refractivity contribution in [3.8, 4) is 40.3 Å². The van der Waals surface area contributed by atoms with E-state index in [-0.39, 0.29) is 0 Å². The quantitative estimate of drug-likeness (QED) is 0.184. The van der Waals surface area contributed by atoms with E-state index in [2.05, 4.69) is 171 Å². The van der Waals surface area contributed by atoms with Crippen LogP contribution in [0.4, 0.5) is 0 Å². The zero-order valence-electron chi connectivity index (χ0n) is 29.5. The summed E-state index contributed by atoms with van der Waals surface area (Å²) in [6.45, 7) is 0. The highest BCUT2D eigenvalue weighted by Crippen LogP contribution is 2.42. The Kier molecular flexibility index (Phi) is 6.61. The average molecular weight is 700 g/mol. The molecule has 0 spiro atoms. The number of fused-ring (bicyclic) bond motifs is 9. The second-order valence-electron chi connectivity index (χ2n) is 14.0. The Labute approximate surface area is 316 Å². The summed E-state index contributed by atoms with van der Waals surface area (Å²) in [5.41, 5.74) is 12.6. The van der Waals surface area contributed by atoms with Crippen LogP contribution in [0.3, 0.4) is 0 Å². The Hall–Kier alpha value is -7.86. The van der Waals surface area contributed by atoms with Crippen molar-refractivity contribution in [2.45, 2.75) is 0 Å². The van der Waals surface area contributed by atoms with E-state index in [0.29, 0.717) is 11.1 Å². The first-order valence-electron chi connectivity index (χ1n) is 18.3. The van der Waals surface area contributed by atoms with Gasteiger partial charge in [-0.15, -0.1) is 0 Å². The third-order valence-corrected chi connectivity index (χ3v) is 11.1. The summed E-state index contributed by atoms with van der Waals surface area (Å²) in [7, 11) is 0. The van der Waals surface area contributed by atoms with Crippen molar-refractivity contribution in [3.05, 3.63) is 187 Å². The lowest BCUT2D eigenvalue weighted by Gasteiger charge is -2.19. The molecule has 11 aromatic rings. The van der Waals surface area contributed by atoms with Gasteiger partial charge in [-0.3, -0.25) is 0 Å². The van der Waals surface area contributed by atoms with Gasteiger partial charge in [-0.25, -0.2) is 0 Å². The number of hydrogen-bond acceptors (Lipinski definition) is 2. The molecular formula is C50H29N5. The minimum absolute atomic E-state index is 0.578. The van der Waals surface area contributed by atoms with Crippen LogP contribution in [0.15, 0.2) is 176 Å². The number of aromatic nitrogens is 3. The van der Waals surface area contributed by atoms with E-state index in [1.165, 1.54) is 10.8 Å². The predicted molar refractivity (Wildman–Crippen MR) is 224 cm³/mol. The topological polar surface area (TPSA) is 62.4 Å². The number of nitriles is 2. The fourth-order valence-corrected chi connectivity index (χ4v) is 8.77. The average Bonchev–Trinajstić information content (AvgIpc) is 3.88. The molecule has 0 unspecified atom stereocenters. The van der Waals surface area contributed by atoms with Gasteiger partial charge < -0.3 is 13.7 Å². The van der Waals surface area contributed by atoms with Crippen LogP contribution < -0.4 is 0 Å². The normalized spacial score (nSPS) is 11.6. The molecule has 0 atom stereocenters. The van der Waals surface area contributed by atoms with Gasteiger partial charge in [-0.05, 0) is 72.8 Å². The summed E-state index contributed by atoms with van der Waals surface area (Å²) in [5, 5.41) is 27.1. The molecule has 5 nitrogen and oxygen atoms in total. The largest absolute Gasteiger partial charge is 0.309 e. The number of nitrogens with zero attached hydrogens (tertiary/aromatic N) is 5. The number of para-hydroxylation sites is 5. The van der Waals surface area contributed by atoms with Gasteiger partial charge in [0.15, 0.2) is 0 Å². The molecule has 0 bridgehead atoms. The molecule has 8 aromatic carbocycles. The van der Waals surface area contributed by atoms with E-state index in [4.69, 9.17) is 0 Å². The smallest absolute Gasteiger partial charge is 0.0992 e. The van der Waals surface area contributed by atoms with Gasteiger partial charge in [0.2, 0.25) is 0 Å². The van der Waals surface area contributed by atoms with Crippen LogP contribution in [0.25, 0.3) is 93.6 Å². The highest BCUT2D eigenvalue weighted by molar-refractivity contribution is 6.13. The maximum Gasteiger partial charge on any atom is 0.0992 e. The molecule has 55 heavy (non-hydrogen) atoms. The first kappa shape index (κ1) is 30.7. The first-order valence-corrected chi connectivity index (χ1v) is 18.3. The lowest BCUT2D eigenvalue weighted by molar-refractivity contribution is 1.15. The third-order valence-electron chi connectivity index (χ3n) is 11.1. The van der Waals surface area contributed by atoms with Crippen molar-refractivity contribution in [2.24, 2.45) is 0 Å². The molecule has 0 N–H and O–H groups in total. The summed E-state index contributed by atoms with van der Waals surface area (Å²) in [6.07, 6.45) is 0. The van der Waals surface area contributed by atoms with Crippen molar-refractivity contribution >= 4 is 65.4 Å². The summed E-state index contributed by atoms with van der Waals surface area (Å²) < 4.78 is 6.98. The van der Waals surface area contributed by atoms with E-state index >= 15 is 0 Å². The number of hydrogen-bond donors (Lipinski definition) is 0.